The van der Waals surface area contributed by atoms with Crippen LogP contribution in [0, 0.1) is 11.8 Å². The summed E-state index contributed by atoms with van der Waals surface area (Å²) < 4.78 is 0. The number of hydrogen-bond donors (Lipinski definition) is 4. The summed E-state index contributed by atoms with van der Waals surface area (Å²) >= 11 is 0. The summed E-state index contributed by atoms with van der Waals surface area (Å²) in [6, 6.07) is 4.44. The topological polar surface area (TPSA) is 104 Å². The Bertz CT molecular complexity index is 413. The molecule has 1 aromatic rings. The fourth-order valence-corrected chi connectivity index (χ4v) is 2.20. The van der Waals surface area contributed by atoms with Gasteiger partial charge in [-0.25, -0.2) is 0 Å². The number of hydrogen-bond acceptors (Lipinski definition) is 4. The van der Waals surface area contributed by atoms with Crippen molar-refractivity contribution in [1.82, 2.24) is 0 Å². The summed E-state index contributed by atoms with van der Waals surface area (Å²) in [5, 5.41) is 27.9. The normalized spacial score (nSPS) is 14.0. The molecule has 0 heterocycles. The van der Waals surface area contributed by atoms with Gasteiger partial charge in [-0.05, 0) is 36.5 Å². The minimum atomic E-state index is -0.875. The average molecular weight is 267 g/mol. The highest BCUT2D eigenvalue weighted by Crippen LogP contribution is 2.26. The third-order valence-corrected chi connectivity index (χ3v) is 3.32. The molecule has 0 spiro atoms. The lowest BCUT2D eigenvalue weighted by Gasteiger charge is -2.19. The number of benzene rings is 1. The predicted octanol–water partition coefficient (Wildman–Crippen LogP) is 1.72. The van der Waals surface area contributed by atoms with Crippen LogP contribution in [0.25, 0.3) is 0 Å². The highest BCUT2D eigenvalue weighted by atomic mass is 16.4. The molecule has 1 aromatic carbocycles. The quantitative estimate of drug-likeness (QED) is 0.602. The standard InChI is InChI=1S/C14H21NO4/c1-2-9(4-11(8-15)14(18)19)3-10-5-12(16)7-13(17)6-10/h5-7,9,11,16-17H,2-4,8,15H2,1H3,(H,18,19). The molecule has 0 saturated heterocycles. The van der Waals surface area contributed by atoms with Crippen LogP contribution in [-0.4, -0.2) is 27.8 Å². The van der Waals surface area contributed by atoms with E-state index in [1.807, 2.05) is 6.92 Å². The van der Waals surface area contributed by atoms with Gasteiger partial charge in [-0.1, -0.05) is 13.3 Å². The van der Waals surface area contributed by atoms with Gasteiger partial charge in [0.25, 0.3) is 0 Å². The van der Waals surface area contributed by atoms with Crippen molar-refractivity contribution in [2.75, 3.05) is 6.54 Å². The molecule has 2 atom stereocenters. The van der Waals surface area contributed by atoms with E-state index in [1.54, 1.807) is 12.1 Å². The zero-order valence-electron chi connectivity index (χ0n) is 11.0. The summed E-state index contributed by atoms with van der Waals surface area (Å²) in [5.74, 6) is -1.24. The molecule has 5 heteroatoms. The van der Waals surface area contributed by atoms with E-state index in [-0.39, 0.29) is 24.0 Å². The first kappa shape index (κ1) is 15.3. The van der Waals surface area contributed by atoms with Gasteiger partial charge in [0.1, 0.15) is 11.5 Å². The van der Waals surface area contributed by atoms with Gasteiger partial charge in [-0.15, -0.1) is 0 Å². The zero-order valence-corrected chi connectivity index (χ0v) is 11.0. The summed E-state index contributed by atoms with van der Waals surface area (Å²) in [6.45, 7) is 2.11. The van der Waals surface area contributed by atoms with Gasteiger partial charge in [-0.2, -0.15) is 0 Å². The number of rotatable bonds is 7. The average Bonchev–Trinajstić information content (AvgIpc) is 2.32. The Morgan fingerprint density at radius 1 is 1.26 bits per heavy atom. The first-order chi connectivity index (χ1) is 8.96. The van der Waals surface area contributed by atoms with Crippen LogP contribution in [0.1, 0.15) is 25.3 Å². The van der Waals surface area contributed by atoms with Crippen LogP contribution >= 0.6 is 0 Å². The summed E-state index contributed by atoms with van der Waals surface area (Å²) in [5.41, 5.74) is 6.25. The zero-order chi connectivity index (χ0) is 14.4. The molecule has 2 unspecified atom stereocenters. The lowest BCUT2D eigenvalue weighted by molar-refractivity contribution is -0.142. The molecule has 0 radical (unpaired) electrons. The van der Waals surface area contributed by atoms with E-state index >= 15 is 0 Å². The number of carboxylic acid groups (broad SMARTS) is 1. The van der Waals surface area contributed by atoms with Crippen LogP contribution in [0.2, 0.25) is 0 Å². The monoisotopic (exact) mass is 267 g/mol. The van der Waals surface area contributed by atoms with Gasteiger partial charge in [0.05, 0.1) is 5.92 Å². The Labute approximate surface area is 112 Å². The van der Waals surface area contributed by atoms with Crippen molar-refractivity contribution in [3.05, 3.63) is 23.8 Å². The molecule has 0 aliphatic heterocycles. The van der Waals surface area contributed by atoms with Crippen molar-refractivity contribution in [1.29, 1.82) is 0 Å². The van der Waals surface area contributed by atoms with Gasteiger partial charge in [0.15, 0.2) is 0 Å². The van der Waals surface area contributed by atoms with Crippen molar-refractivity contribution >= 4 is 5.97 Å². The minimum absolute atomic E-state index is 0.0125. The number of carbonyl (C=O) groups is 1. The molecule has 19 heavy (non-hydrogen) atoms. The summed E-state index contributed by atoms with van der Waals surface area (Å²) in [7, 11) is 0. The minimum Gasteiger partial charge on any atom is -0.508 e. The summed E-state index contributed by atoms with van der Waals surface area (Å²) in [4.78, 5) is 11.0. The number of nitrogens with two attached hydrogens (primary N) is 1. The molecule has 0 aromatic heterocycles. The largest absolute Gasteiger partial charge is 0.508 e. The van der Waals surface area contributed by atoms with E-state index in [0.29, 0.717) is 12.8 Å². The van der Waals surface area contributed by atoms with Crippen molar-refractivity contribution in [3.63, 3.8) is 0 Å². The Morgan fingerprint density at radius 2 is 1.84 bits per heavy atom. The maximum atomic E-state index is 11.0. The van der Waals surface area contributed by atoms with E-state index in [2.05, 4.69) is 0 Å². The van der Waals surface area contributed by atoms with E-state index in [0.717, 1.165) is 12.0 Å². The van der Waals surface area contributed by atoms with Crippen LogP contribution in [-0.2, 0) is 11.2 Å². The van der Waals surface area contributed by atoms with Gasteiger partial charge in [0.2, 0.25) is 0 Å². The predicted molar refractivity (Wildman–Crippen MR) is 72.1 cm³/mol. The third-order valence-electron chi connectivity index (χ3n) is 3.32. The molecular weight excluding hydrogens is 246 g/mol. The van der Waals surface area contributed by atoms with Crippen LogP contribution in [0.15, 0.2) is 18.2 Å². The van der Waals surface area contributed by atoms with Crippen LogP contribution in [0.5, 0.6) is 11.5 Å². The number of aromatic hydroxyl groups is 2. The number of phenolic OH excluding ortho intramolecular Hbond substituents is 2. The smallest absolute Gasteiger partial charge is 0.307 e. The molecule has 5 nitrogen and oxygen atoms in total. The fourth-order valence-electron chi connectivity index (χ4n) is 2.20. The van der Waals surface area contributed by atoms with E-state index in [4.69, 9.17) is 10.8 Å². The van der Waals surface area contributed by atoms with Crippen LogP contribution < -0.4 is 5.73 Å². The molecular formula is C14H21NO4. The summed E-state index contributed by atoms with van der Waals surface area (Å²) in [6.07, 6.45) is 1.93. The molecule has 1 rings (SSSR count). The van der Waals surface area contributed by atoms with Crippen LogP contribution in [0.4, 0.5) is 0 Å². The van der Waals surface area contributed by atoms with Crippen LogP contribution in [0.3, 0.4) is 0 Å². The molecule has 106 valence electrons. The van der Waals surface area contributed by atoms with E-state index < -0.39 is 11.9 Å². The number of aliphatic carboxylic acids is 1. The second-order valence-electron chi connectivity index (χ2n) is 4.84. The lowest BCUT2D eigenvalue weighted by atomic mass is 9.87. The first-order valence-electron chi connectivity index (χ1n) is 6.41. The van der Waals surface area contributed by atoms with Crippen molar-refractivity contribution in [3.8, 4) is 11.5 Å². The highest BCUT2D eigenvalue weighted by molar-refractivity contribution is 5.70. The number of carboxylic acids is 1. The second kappa shape index (κ2) is 6.99. The maximum Gasteiger partial charge on any atom is 0.307 e. The number of phenols is 2. The first-order valence-corrected chi connectivity index (χ1v) is 6.41. The van der Waals surface area contributed by atoms with E-state index in [9.17, 15) is 15.0 Å². The van der Waals surface area contributed by atoms with Crippen molar-refractivity contribution in [2.24, 2.45) is 17.6 Å². The Kier molecular flexibility index (Phi) is 5.63. The Hall–Kier alpha value is -1.75. The van der Waals surface area contributed by atoms with Gasteiger partial charge >= 0.3 is 5.97 Å². The highest BCUT2D eigenvalue weighted by Gasteiger charge is 2.20. The third kappa shape index (κ3) is 4.79. The van der Waals surface area contributed by atoms with Gasteiger partial charge in [0, 0.05) is 12.6 Å². The van der Waals surface area contributed by atoms with Crippen molar-refractivity contribution < 1.29 is 20.1 Å². The molecule has 0 saturated carbocycles. The molecule has 0 fully saturated rings. The lowest BCUT2D eigenvalue weighted by Crippen LogP contribution is -2.26. The van der Waals surface area contributed by atoms with Gasteiger partial charge in [-0.3, -0.25) is 4.79 Å². The SMILES string of the molecule is CCC(Cc1cc(O)cc(O)c1)CC(CN)C(=O)O. The second-order valence-corrected chi connectivity index (χ2v) is 4.84. The fraction of sp³-hybridized carbons (Fsp3) is 0.500. The Morgan fingerprint density at radius 3 is 2.26 bits per heavy atom. The van der Waals surface area contributed by atoms with Gasteiger partial charge < -0.3 is 21.1 Å². The van der Waals surface area contributed by atoms with E-state index in [1.165, 1.54) is 6.07 Å². The molecule has 0 aliphatic rings. The maximum absolute atomic E-state index is 11.0. The molecule has 5 N–H and O–H groups in total. The molecule has 0 aliphatic carbocycles. The van der Waals surface area contributed by atoms with Crippen molar-refractivity contribution in [2.45, 2.75) is 26.2 Å². The molecule has 0 amide bonds. The Balaban J connectivity index is 2.73. The molecule has 0 bridgehead atoms.